The van der Waals surface area contributed by atoms with Crippen LogP contribution < -0.4 is 5.73 Å². The summed E-state index contributed by atoms with van der Waals surface area (Å²) in [6.07, 6.45) is 1.65. The van der Waals surface area contributed by atoms with Crippen LogP contribution in [0.5, 0.6) is 0 Å². The van der Waals surface area contributed by atoms with Crippen LogP contribution in [-0.2, 0) is 6.54 Å². The average Bonchev–Trinajstić information content (AvgIpc) is 2.39. The molecule has 1 amide bonds. The van der Waals surface area contributed by atoms with Gasteiger partial charge in [0.05, 0.1) is 5.69 Å². The summed E-state index contributed by atoms with van der Waals surface area (Å²) >= 11 is 1.89. The van der Waals surface area contributed by atoms with Crippen molar-refractivity contribution in [3.05, 3.63) is 29.6 Å². The molecule has 0 saturated carbocycles. The van der Waals surface area contributed by atoms with Crippen LogP contribution in [0.1, 0.15) is 16.1 Å². The predicted octanol–water partition coefficient (Wildman–Crippen LogP) is 0.729. The summed E-state index contributed by atoms with van der Waals surface area (Å²) in [5.41, 5.74) is 6.96. The highest BCUT2D eigenvalue weighted by molar-refractivity contribution is 7.99. The Labute approximate surface area is 99.2 Å². The maximum atomic E-state index is 12.1. The van der Waals surface area contributed by atoms with Crippen molar-refractivity contribution in [2.24, 2.45) is 5.73 Å². The van der Waals surface area contributed by atoms with Gasteiger partial charge in [0.25, 0.3) is 5.91 Å². The summed E-state index contributed by atoms with van der Waals surface area (Å²) in [6.45, 7) is 2.05. The molecule has 0 aromatic carbocycles. The Bertz CT molecular complexity index is 377. The third-order valence-corrected chi connectivity index (χ3v) is 3.51. The summed E-state index contributed by atoms with van der Waals surface area (Å²) in [6, 6.07) is 3.54. The highest BCUT2D eigenvalue weighted by Gasteiger charge is 2.18. The predicted molar refractivity (Wildman–Crippen MR) is 65.4 cm³/mol. The lowest BCUT2D eigenvalue weighted by Gasteiger charge is -2.26. The third kappa shape index (κ3) is 2.54. The lowest BCUT2D eigenvalue weighted by molar-refractivity contribution is 0.0772. The molecule has 0 atom stereocenters. The molecule has 1 saturated heterocycles. The van der Waals surface area contributed by atoms with Crippen LogP contribution >= 0.6 is 11.8 Å². The van der Waals surface area contributed by atoms with Crippen molar-refractivity contribution >= 4 is 17.7 Å². The number of aromatic nitrogens is 1. The van der Waals surface area contributed by atoms with Gasteiger partial charge in [-0.3, -0.25) is 9.78 Å². The average molecular weight is 237 g/mol. The van der Waals surface area contributed by atoms with E-state index in [2.05, 4.69) is 4.98 Å². The fraction of sp³-hybridized carbons (Fsp3) is 0.455. The molecule has 0 radical (unpaired) electrons. The largest absolute Gasteiger partial charge is 0.337 e. The molecule has 1 aliphatic rings. The van der Waals surface area contributed by atoms with Gasteiger partial charge in [0.1, 0.15) is 0 Å². The standard InChI is InChI=1S/C11H15N3OS/c12-8-10-7-9(1-2-13-10)11(15)14-3-5-16-6-4-14/h1-2,7H,3-6,8,12H2. The van der Waals surface area contributed by atoms with E-state index in [0.29, 0.717) is 12.1 Å². The number of amides is 1. The number of pyridine rings is 1. The maximum absolute atomic E-state index is 12.1. The fourth-order valence-corrected chi connectivity index (χ4v) is 2.57. The number of thioether (sulfide) groups is 1. The van der Waals surface area contributed by atoms with Crippen LogP contribution in [0.2, 0.25) is 0 Å². The van der Waals surface area contributed by atoms with Gasteiger partial charge in [0.15, 0.2) is 0 Å². The molecule has 0 aliphatic carbocycles. The Morgan fingerprint density at radius 2 is 2.25 bits per heavy atom. The van der Waals surface area contributed by atoms with Gasteiger partial charge in [0.2, 0.25) is 0 Å². The second-order valence-electron chi connectivity index (χ2n) is 3.64. The third-order valence-electron chi connectivity index (χ3n) is 2.57. The molecular formula is C11H15N3OS. The van der Waals surface area contributed by atoms with Gasteiger partial charge in [0, 0.05) is 42.9 Å². The fourth-order valence-electron chi connectivity index (χ4n) is 1.67. The lowest BCUT2D eigenvalue weighted by Crippen LogP contribution is -2.37. The second-order valence-corrected chi connectivity index (χ2v) is 4.87. The van der Waals surface area contributed by atoms with E-state index in [1.165, 1.54) is 0 Å². The van der Waals surface area contributed by atoms with Gasteiger partial charge in [-0.2, -0.15) is 11.8 Å². The molecular weight excluding hydrogens is 222 g/mol. The zero-order valence-electron chi connectivity index (χ0n) is 9.06. The molecule has 2 heterocycles. The molecule has 1 aliphatic heterocycles. The number of hydrogen-bond acceptors (Lipinski definition) is 4. The minimum Gasteiger partial charge on any atom is -0.337 e. The first kappa shape index (κ1) is 11.4. The number of carbonyl (C=O) groups excluding carboxylic acids is 1. The number of carbonyl (C=O) groups is 1. The maximum Gasteiger partial charge on any atom is 0.254 e. The summed E-state index contributed by atoms with van der Waals surface area (Å²) in [4.78, 5) is 18.1. The molecule has 2 N–H and O–H groups in total. The van der Waals surface area contributed by atoms with Crippen LogP contribution in [0.4, 0.5) is 0 Å². The van der Waals surface area contributed by atoms with E-state index in [1.807, 2.05) is 16.7 Å². The van der Waals surface area contributed by atoms with Crippen molar-refractivity contribution in [1.82, 2.24) is 9.88 Å². The quantitative estimate of drug-likeness (QED) is 0.824. The van der Waals surface area contributed by atoms with Gasteiger partial charge in [-0.25, -0.2) is 0 Å². The molecule has 2 rings (SSSR count). The highest BCUT2D eigenvalue weighted by atomic mass is 32.2. The molecule has 86 valence electrons. The smallest absolute Gasteiger partial charge is 0.254 e. The SMILES string of the molecule is NCc1cc(C(=O)N2CCSCC2)ccn1. The molecule has 0 unspecified atom stereocenters. The molecule has 1 fully saturated rings. The normalized spacial score (nSPS) is 16.2. The Kier molecular flexibility index (Phi) is 3.79. The van der Waals surface area contributed by atoms with Crippen molar-refractivity contribution in [3.8, 4) is 0 Å². The van der Waals surface area contributed by atoms with Crippen molar-refractivity contribution in [1.29, 1.82) is 0 Å². The van der Waals surface area contributed by atoms with Gasteiger partial charge in [-0.1, -0.05) is 0 Å². The van der Waals surface area contributed by atoms with E-state index < -0.39 is 0 Å². The Balaban J connectivity index is 2.12. The van der Waals surface area contributed by atoms with Crippen LogP contribution in [0, 0.1) is 0 Å². The van der Waals surface area contributed by atoms with E-state index in [1.54, 1.807) is 18.3 Å². The molecule has 5 heteroatoms. The van der Waals surface area contributed by atoms with Crippen LogP contribution in [0.15, 0.2) is 18.3 Å². The van der Waals surface area contributed by atoms with Gasteiger partial charge in [-0.15, -0.1) is 0 Å². The monoisotopic (exact) mass is 237 g/mol. The van der Waals surface area contributed by atoms with E-state index in [4.69, 9.17) is 5.73 Å². The highest BCUT2D eigenvalue weighted by Crippen LogP contribution is 2.13. The number of nitrogens with zero attached hydrogens (tertiary/aromatic N) is 2. The van der Waals surface area contributed by atoms with Gasteiger partial charge < -0.3 is 10.6 Å². The van der Waals surface area contributed by atoms with E-state index >= 15 is 0 Å². The molecule has 1 aromatic rings. The topological polar surface area (TPSA) is 59.2 Å². The second kappa shape index (κ2) is 5.32. The molecule has 0 spiro atoms. The summed E-state index contributed by atoms with van der Waals surface area (Å²) < 4.78 is 0. The van der Waals surface area contributed by atoms with Gasteiger partial charge >= 0.3 is 0 Å². The summed E-state index contributed by atoms with van der Waals surface area (Å²) in [7, 11) is 0. The van der Waals surface area contributed by atoms with Crippen LogP contribution in [0.3, 0.4) is 0 Å². The lowest BCUT2D eigenvalue weighted by atomic mass is 10.2. The van der Waals surface area contributed by atoms with Gasteiger partial charge in [-0.05, 0) is 12.1 Å². The summed E-state index contributed by atoms with van der Waals surface area (Å²) in [5.74, 6) is 2.15. The first-order valence-electron chi connectivity index (χ1n) is 5.33. The van der Waals surface area contributed by atoms with E-state index in [-0.39, 0.29) is 5.91 Å². The molecule has 1 aromatic heterocycles. The van der Waals surface area contributed by atoms with Crippen molar-refractivity contribution in [3.63, 3.8) is 0 Å². The molecule has 0 bridgehead atoms. The first-order chi connectivity index (χ1) is 7.81. The summed E-state index contributed by atoms with van der Waals surface area (Å²) in [5, 5.41) is 0. The van der Waals surface area contributed by atoms with Crippen LogP contribution in [0.25, 0.3) is 0 Å². The Morgan fingerprint density at radius 1 is 1.50 bits per heavy atom. The number of hydrogen-bond donors (Lipinski definition) is 1. The minimum atomic E-state index is 0.0948. The van der Waals surface area contributed by atoms with Crippen molar-refractivity contribution in [2.45, 2.75) is 6.54 Å². The Hall–Kier alpha value is -1.07. The minimum absolute atomic E-state index is 0.0948. The van der Waals surface area contributed by atoms with E-state index in [9.17, 15) is 4.79 Å². The zero-order valence-corrected chi connectivity index (χ0v) is 9.87. The van der Waals surface area contributed by atoms with Crippen LogP contribution in [-0.4, -0.2) is 40.4 Å². The molecule has 16 heavy (non-hydrogen) atoms. The zero-order chi connectivity index (χ0) is 11.4. The Morgan fingerprint density at radius 3 is 2.94 bits per heavy atom. The van der Waals surface area contributed by atoms with Crippen molar-refractivity contribution in [2.75, 3.05) is 24.6 Å². The molecule has 4 nitrogen and oxygen atoms in total. The van der Waals surface area contributed by atoms with E-state index in [0.717, 1.165) is 30.3 Å². The first-order valence-corrected chi connectivity index (χ1v) is 6.49. The van der Waals surface area contributed by atoms with Crippen molar-refractivity contribution < 1.29 is 4.79 Å². The number of rotatable bonds is 2. The number of nitrogens with two attached hydrogens (primary N) is 1.